The molecule has 0 saturated carbocycles. The molecule has 0 aliphatic rings. The van der Waals surface area contributed by atoms with Crippen molar-refractivity contribution in [3.05, 3.63) is 48.2 Å². The predicted molar refractivity (Wildman–Crippen MR) is 48.2 cm³/mol. The molecule has 0 bridgehead atoms. The highest BCUT2D eigenvalue weighted by molar-refractivity contribution is 5.09. The molecule has 0 aliphatic heterocycles. The molecule has 0 unspecified atom stereocenters. The molecular formula is C10H11NO2. The van der Waals surface area contributed by atoms with E-state index in [0.29, 0.717) is 6.54 Å². The van der Waals surface area contributed by atoms with Crippen molar-refractivity contribution in [2.75, 3.05) is 0 Å². The summed E-state index contributed by atoms with van der Waals surface area (Å²) in [5, 5.41) is 8.98. The van der Waals surface area contributed by atoms with Crippen LogP contribution in [0.5, 0.6) is 0 Å². The molecule has 3 nitrogen and oxygen atoms in total. The second kappa shape index (κ2) is 3.49. The van der Waals surface area contributed by atoms with Gasteiger partial charge in [0.15, 0.2) is 0 Å². The van der Waals surface area contributed by atoms with Crippen LogP contribution in [0.2, 0.25) is 0 Å². The minimum absolute atomic E-state index is 0.0632. The predicted octanol–water partition coefficient (Wildman–Crippen LogP) is 1.62. The van der Waals surface area contributed by atoms with Gasteiger partial charge in [0.25, 0.3) is 0 Å². The molecule has 2 rings (SSSR count). The largest absolute Gasteiger partial charge is 0.467 e. The third kappa shape index (κ3) is 1.65. The Bertz CT molecular complexity index is 362. The van der Waals surface area contributed by atoms with Crippen molar-refractivity contribution in [1.82, 2.24) is 4.57 Å². The molecule has 0 fully saturated rings. The molecule has 13 heavy (non-hydrogen) atoms. The molecule has 0 atom stereocenters. The number of aromatic nitrogens is 1. The highest BCUT2D eigenvalue weighted by atomic mass is 16.3. The van der Waals surface area contributed by atoms with Gasteiger partial charge in [-0.1, -0.05) is 0 Å². The van der Waals surface area contributed by atoms with Crippen LogP contribution in [0.1, 0.15) is 11.5 Å². The van der Waals surface area contributed by atoms with E-state index >= 15 is 0 Å². The summed E-state index contributed by atoms with van der Waals surface area (Å²) >= 11 is 0. The van der Waals surface area contributed by atoms with Gasteiger partial charge in [0, 0.05) is 11.9 Å². The number of furan rings is 1. The molecular weight excluding hydrogens is 166 g/mol. The molecule has 0 radical (unpaired) electrons. The van der Waals surface area contributed by atoms with Crippen LogP contribution in [0.15, 0.2) is 41.1 Å². The first-order valence-corrected chi connectivity index (χ1v) is 4.17. The number of aliphatic hydroxyl groups is 1. The van der Waals surface area contributed by atoms with E-state index in [9.17, 15) is 0 Å². The third-order valence-electron chi connectivity index (χ3n) is 1.99. The zero-order chi connectivity index (χ0) is 9.10. The molecule has 0 saturated heterocycles. The number of hydrogen-bond acceptors (Lipinski definition) is 2. The molecule has 2 heterocycles. The molecule has 2 aromatic rings. The van der Waals surface area contributed by atoms with Gasteiger partial charge in [-0.25, -0.2) is 0 Å². The molecule has 0 aliphatic carbocycles. The summed E-state index contributed by atoms with van der Waals surface area (Å²) in [5.41, 5.74) is 0.899. The summed E-state index contributed by atoms with van der Waals surface area (Å²) in [4.78, 5) is 0. The highest BCUT2D eigenvalue weighted by Gasteiger charge is 2.01. The summed E-state index contributed by atoms with van der Waals surface area (Å²) in [5.74, 6) is 0.894. The molecule has 0 spiro atoms. The Kier molecular flexibility index (Phi) is 2.19. The molecule has 2 aromatic heterocycles. The van der Waals surface area contributed by atoms with Gasteiger partial charge in [-0.15, -0.1) is 0 Å². The van der Waals surface area contributed by atoms with Crippen LogP contribution in [-0.2, 0) is 13.2 Å². The van der Waals surface area contributed by atoms with Crippen LogP contribution in [-0.4, -0.2) is 9.67 Å². The standard InChI is InChI=1S/C10H11NO2/c12-8-9-3-1-5-11(9)7-10-4-2-6-13-10/h1-6,12H,7-8H2. The van der Waals surface area contributed by atoms with Crippen molar-refractivity contribution in [2.24, 2.45) is 0 Å². The van der Waals surface area contributed by atoms with E-state index in [2.05, 4.69) is 0 Å². The number of rotatable bonds is 3. The zero-order valence-electron chi connectivity index (χ0n) is 7.18. The molecule has 68 valence electrons. The van der Waals surface area contributed by atoms with Gasteiger partial charge in [0.2, 0.25) is 0 Å². The minimum atomic E-state index is 0.0632. The maximum Gasteiger partial charge on any atom is 0.123 e. The van der Waals surface area contributed by atoms with E-state index in [0.717, 1.165) is 11.5 Å². The second-order valence-electron chi connectivity index (χ2n) is 2.86. The quantitative estimate of drug-likeness (QED) is 0.773. The fraction of sp³-hybridized carbons (Fsp3) is 0.200. The number of hydrogen-bond donors (Lipinski definition) is 1. The summed E-state index contributed by atoms with van der Waals surface area (Å²) < 4.78 is 7.16. The van der Waals surface area contributed by atoms with Crippen LogP contribution in [0.3, 0.4) is 0 Å². The maximum atomic E-state index is 8.98. The molecule has 1 N–H and O–H groups in total. The van der Waals surface area contributed by atoms with Crippen LogP contribution in [0.4, 0.5) is 0 Å². The van der Waals surface area contributed by atoms with E-state index in [1.54, 1.807) is 6.26 Å². The fourth-order valence-corrected chi connectivity index (χ4v) is 1.32. The highest BCUT2D eigenvalue weighted by Crippen LogP contribution is 2.07. The summed E-state index contributed by atoms with van der Waals surface area (Å²) in [6, 6.07) is 7.58. The summed E-state index contributed by atoms with van der Waals surface area (Å²) in [6.45, 7) is 0.740. The lowest BCUT2D eigenvalue weighted by molar-refractivity contribution is 0.270. The Morgan fingerprint density at radius 2 is 2.23 bits per heavy atom. The van der Waals surface area contributed by atoms with E-state index in [1.165, 1.54) is 0 Å². The SMILES string of the molecule is OCc1cccn1Cc1ccco1. The van der Waals surface area contributed by atoms with Crippen molar-refractivity contribution < 1.29 is 9.52 Å². The average molecular weight is 177 g/mol. The van der Waals surface area contributed by atoms with Gasteiger partial charge in [-0.05, 0) is 24.3 Å². The van der Waals surface area contributed by atoms with Gasteiger partial charge >= 0.3 is 0 Å². The molecule has 3 heteroatoms. The second-order valence-corrected chi connectivity index (χ2v) is 2.86. The smallest absolute Gasteiger partial charge is 0.123 e. The van der Waals surface area contributed by atoms with E-state index in [4.69, 9.17) is 9.52 Å². The first kappa shape index (κ1) is 8.13. The summed E-state index contributed by atoms with van der Waals surface area (Å²) in [6.07, 6.45) is 3.57. The van der Waals surface area contributed by atoms with E-state index in [1.807, 2.05) is 35.0 Å². The van der Waals surface area contributed by atoms with Crippen LogP contribution in [0, 0.1) is 0 Å². The van der Waals surface area contributed by atoms with Gasteiger partial charge in [0.05, 0.1) is 19.4 Å². The third-order valence-corrected chi connectivity index (χ3v) is 1.99. The lowest BCUT2D eigenvalue weighted by atomic mass is 10.4. The van der Waals surface area contributed by atoms with Gasteiger partial charge in [-0.2, -0.15) is 0 Å². The number of aliphatic hydroxyl groups excluding tert-OH is 1. The van der Waals surface area contributed by atoms with Crippen LogP contribution >= 0.6 is 0 Å². The Labute approximate surface area is 76.2 Å². The Morgan fingerprint density at radius 1 is 1.31 bits per heavy atom. The zero-order valence-corrected chi connectivity index (χ0v) is 7.18. The van der Waals surface area contributed by atoms with Crippen molar-refractivity contribution in [2.45, 2.75) is 13.2 Å². The lowest BCUT2D eigenvalue weighted by Gasteiger charge is -2.03. The van der Waals surface area contributed by atoms with Crippen molar-refractivity contribution >= 4 is 0 Å². The summed E-state index contributed by atoms with van der Waals surface area (Å²) in [7, 11) is 0. The van der Waals surface area contributed by atoms with Gasteiger partial charge < -0.3 is 14.1 Å². The number of nitrogens with zero attached hydrogens (tertiary/aromatic N) is 1. The van der Waals surface area contributed by atoms with Gasteiger partial charge in [-0.3, -0.25) is 0 Å². The van der Waals surface area contributed by atoms with Gasteiger partial charge in [0.1, 0.15) is 5.76 Å². The average Bonchev–Trinajstić information content (AvgIpc) is 2.76. The Hall–Kier alpha value is -1.48. The Morgan fingerprint density at radius 3 is 2.92 bits per heavy atom. The first-order chi connectivity index (χ1) is 6.40. The van der Waals surface area contributed by atoms with Crippen molar-refractivity contribution in [1.29, 1.82) is 0 Å². The lowest BCUT2D eigenvalue weighted by Crippen LogP contribution is -2.01. The minimum Gasteiger partial charge on any atom is -0.467 e. The normalized spacial score (nSPS) is 10.5. The Balaban J connectivity index is 2.18. The fourth-order valence-electron chi connectivity index (χ4n) is 1.32. The topological polar surface area (TPSA) is 38.3 Å². The maximum absolute atomic E-state index is 8.98. The van der Waals surface area contributed by atoms with E-state index < -0.39 is 0 Å². The van der Waals surface area contributed by atoms with Crippen LogP contribution < -0.4 is 0 Å². The first-order valence-electron chi connectivity index (χ1n) is 4.17. The van der Waals surface area contributed by atoms with Crippen LogP contribution in [0.25, 0.3) is 0 Å². The van der Waals surface area contributed by atoms with Crippen molar-refractivity contribution in [3.63, 3.8) is 0 Å². The molecule has 0 amide bonds. The van der Waals surface area contributed by atoms with Crippen molar-refractivity contribution in [3.8, 4) is 0 Å². The van der Waals surface area contributed by atoms with E-state index in [-0.39, 0.29) is 6.61 Å². The molecule has 0 aromatic carbocycles. The monoisotopic (exact) mass is 177 g/mol.